The van der Waals surface area contributed by atoms with Crippen LogP contribution in [0.3, 0.4) is 0 Å². The van der Waals surface area contributed by atoms with Crippen LogP contribution in [0.1, 0.15) is 53.6 Å². The zero-order valence-corrected chi connectivity index (χ0v) is 20.2. The maximum Gasteiger partial charge on any atom is 2.00 e. The summed E-state index contributed by atoms with van der Waals surface area (Å²) in [6, 6.07) is 7.07. The molecule has 37 heavy (non-hydrogen) atoms. The van der Waals surface area contributed by atoms with Gasteiger partial charge >= 0.3 is 17.1 Å². The third kappa shape index (κ3) is 13.0. The van der Waals surface area contributed by atoms with Gasteiger partial charge in [0, 0.05) is 13.8 Å². The number of aryl methyl sites for hydroxylation is 2. The number of aromatic nitrogens is 6. The first-order chi connectivity index (χ1) is 17.0. The predicted octanol–water partition coefficient (Wildman–Crippen LogP) is -4.11. The van der Waals surface area contributed by atoms with Crippen molar-refractivity contribution in [2.45, 2.75) is 13.8 Å². The Hall–Kier alpha value is -4.88. The Balaban J connectivity index is 0.000000485. The Kier molecular flexibility index (Phi) is 14.5. The number of carbonyl (C=O) groups is 4. The van der Waals surface area contributed by atoms with Gasteiger partial charge in [0.25, 0.3) is 0 Å². The molecule has 1 radical (unpaired) electrons. The first-order valence-electron chi connectivity index (χ1n) is 9.84. The van der Waals surface area contributed by atoms with Gasteiger partial charge in [-0.15, -0.1) is 0 Å². The molecule has 0 saturated heterocycles. The summed E-state index contributed by atoms with van der Waals surface area (Å²) in [5, 5.41) is 40.8. The van der Waals surface area contributed by atoms with Gasteiger partial charge in [-0.2, -0.15) is 0 Å². The Bertz CT molecular complexity index is 1120. The zero-order valence-electron chi connectivity index (χ0n) is 19.2. The van der Waals surface area contributed by atoms with Crippen molar-refractivity contribution in [3.8, 4) is 0 Å². The maximum absolute atomic E-state index is 10.2. The molecule has 15 heteroatoms. The molecular formula is C22H20CuN6O8. The van der Waals surface area contributed by atoms with Gasteiger partial charge in [0.15, 0.2) is 0 Å². The van der Waals surface area contributed by atoms with E-state index in [1.807, 2.05) is 38.6 Å². The summed E-state index contributed by atoms with van der Waals surface area (Å²) in [5.74, 6) is -3.88. The predicted molar refractivity (Wildman–Crippen MR) is 110 cm³/mol. The number of carbonyl (C=O) groups excluding carboxylic acids is 4. The minimum atomic E-state index is -1.52. The average molecular weight is 560 g/mol. The molecular weight excluding hydrogens is 540 g/mol. The van der Waals surface area contributed by atoms with E-state index in [4.69, 9.17) is 0 Å². The van der Waals surface area contributed by atoms with E-state index in [9.17, 15) is 39.6 Å². The summed E-state index contributed by atoms with van der Waals surface area (Å²) >= 11 is 0. The van der Waals surface area contributed by atoms with Crippen LogP contribution in [0.15, 0.2) is 61.2 Å². The molecule has 0 aliphatic rings. The summed E-state index contributed by atoms with van der Waals surface area (Å²) in [5.41, 5.74) is -1.68. The number of aromatic amines is 4. The minimum absolute atomic E-state index is 0. The fourth-order valence-electron chi connectivity index (χ4n) is 2.07. The molecule has 4 heterocycles. The fraction of sp³-hybridized carbons (Fsp3) is 0.0909. The second-order valence-electron chi connectivity index (χ2n) is 6.46. The maximum atomic E-state index is 10.2. The summed E-state index contributed by atoms with van der Waals surface area (Å²) in [7, 11) is 0. The van der Waals surface area contributed by atoms with Crippen LogP contribution in [0.4, 0.5) is 0 Å². The molecule has 0 atom stereocenters. The monoisotopic (exact) mass is 559 g/mol. The van der Waals surface area contributed by atoms with Gasteiger partial charge in [0.05, 0.1) is 46.7 Å². The van der Waals surface area contributed by atoms with E-state index < -0.39 is 46.7 Å². The molecule has 0 fully saturated rings. The van der Waals surface area contributed by atoms with Crippen LogP contribution in [0, 0.1) is 13.8 Å². The number of pyridine rings is 2. The van der Waals surface area contributed by atoms with E-state index in [1.165, 1.54) is 12.1 Å². The summed E-state index contributed by atoms with van der Waals surface area (Å²) < 4.78 is 0. The third-order valence-corrected chi connectivity index (χ3v) is 3.70. The van der Waals surface area contributed by atoms with Crippen LogP contribution < -0.4 is 30.4 Å². The second kappa shape index (κ2) is 16.7. The molecule has 0 aliphatic heterocycles. The van der Waals surface area contributed by atoms with Crippen molar-refractivity contribution in [2.24, 2.45) is 0 Å². The Morgan fingerprint density at radius 2 is 0.892 bits per heavy atom. The van der Waals surface area contributed by atoms with E-state index in [-0.39, 0.29) is 17.1 Å². The van der Waals surface area contributed by atoms with E-state index in [1.54, 1.807) is 0 Å². The molecule has 4 rings (SSSR count). The molecule has 0 amide bonds. The second-order valence-corrected chi connectivity index (χ2v) is 6.46. The van der Waals surface area contributed by atoms with E-state index in [0.717, 1.165) is 35.9 Å². The molecule has 0 bridgehead atoms. The molecule has 14 nitrogen and oxygen atoms in total. The number of nitrogens with zero attached hydrogens (tertiary/aromatic N) is 2. The first-order valence-corrected chi connectivity index (χ1v) is 9.84. The quantitative estimate of drug-likeness (QED) is 0.228. The molecule has 0 unspecified atom stereocenters. The van der Waals surface area contributed by atoms with Crippen molar-refractivity contribution >= 4 is 23.9 Å². The van der Waals surface area contributed by atoms with Gasteiger partial charge in [-0.1, -0.05) is 12.1 Å². The van der Waals surface area contributed by atoms with E-state index in [2.05, 4.69) is 29.9 Å². The average Bonchev–Trinajstić information content (AvgIpc) is 3.53. The zero-order chi connectivity index (χ0) is 27.1. The van der Waals surface area contributed by atoms with Crippen molar-refractivity contribution in [1.82, 2.24) is 19.9 Å². The molecule has 4 N–H and O–H groups in total. The summed E-state index contributed by atoms with van der Waals surface area (Å²) in [6.45, 7) is 3.94. The number of hydrogen-bond acceptors (Lipinski definition) is 10. The molecule has 0 aromatic carbocycles. The molecule has 4 aromatic heterocycles. The van der Waals surface area contributed by atoms with Crippen LogP contribution in [0.2, 0.25) is 0 Å². The molecule has 4 aromatic rings. The third-order valence-electron chi connectivity index (χ3n) is 3.70. The van der Waals surface area contributed by atoms with Gasteiger partial charge < -0.3 is 39.6 Å². The Morgan fingerprint density at radius 1 is 0.622 bits per heavy atom. The van der Waals surface area contributed by atoms with Crippen molar-refractivity contribution in [1.29, 1.82) is 0 Å². The number of nitrogens with one attached hydrogen (secondary N) is 4. The largest absolute Gasteiger partial charge is 2.00 e. The first kappa shape index (κ1) is 32.1. The van der Waals surface area contributed by atoms with E-state index in [0.29, 0.717) is 0 Å². The van der Waals surface area contributed by atoms with Gasteiger partial charge in [-0.05, 0) is 24.3 Å². The molecule has 0 saturated carbocycles. The summed E-state index contributed by atoms with van der Waals surface area (Å²) in [6.07, 6.45) is 7.43. The molecule has 0 spiro atoms. The van der Waals surface area contributed by atoms with Crippen molar-refractivity contribution < 1.29 is 66.6 Å². The molecule has 197 valence electrons. The number of H-pyrrole nitrogens is 4. The topological polar surface area (TPSA) is 246 Å². The van der Waals surface area contributed by atoms with Gasteiger partial charge in [0.1, 0.15) is 24.8 Å². The van der Waals surface area contributed by atoms with Gasteiger partial charge in [0.2, 0.25) is 11.6 Å². The van der Waals surface area contributed by atoms with Crippen LogP contribution in [-0.4, -0.2) is 43.8 Å². The van der Waals surface area contributed by atoms with Gasteiger partial charge in [-0.25, -0.2) is 29.9 Å². The van der Waals surface area contributed by atoms with Crippen LogP contribution in [0.25, 0.3) is 0 Å². The smallest absolute Gasteiger partial charge is 0.543 e. The Labute approximate surface area is 220 Å². The van der Waals surface area contributed by atoms with Crippen LogP contribution in [-0.2, 0) is 17.1 Å². The van der Waals surface area contributed by atoms with E-state index >= 15 is 0 Å². The standard InChI is InChI=1S/2C7H5NO4.2C4H6N2.Cu/c2*9-6(10)4-2-1-3-5(8-4)7(11)12;2*1-4-5-2-3-6-4;/h2*1-3H,(H,9,10)(H,11,12);2*2-3H,1H3,(H,5,6);/q;;;;+2/p-2. The van der Waals surface area contributed by atoms with Crippen LogP contribution >= 0.6 is 0 Å². The molecule has 0 aliphatic carbocycles. The number of hydrogen-bond donors (Lipinski definition) is 2. The van der Waals surface area contributed by atoms with Gasteiger partial charge in [-0.3, -0.25) is 0 Å². The van der Waals surface area contributed by atoms with Crippen LogP contribution in [0.5, 0.6) is 0 Å². The van der Waals surface area contributed by atoms with Crippen molar-refractivity contribution in [3.63, 3.8) is 0 Å². The fourth-order valence-corrected chi connectivity index (χ4v) is 2.07. The van der Waals surface area contributed by atoms with Crippen molar-refractivity contribution in [3.05, 3.63) is 95.6 Å². The normalized spacial score (nSPS) is 8.92. The number of carboxylic acid groups (broad SMARTS) is 4. The SMILES string of the molecule is Cc1[nH]cc[nH+]1.Cc1[nH]cc[nH+]1.O=C([O-])c1cccc(C(=O)[O-])n1.O=C([O-])c1cccc(C(=O)[O-])n1.[Cu+2]. The minimum Gasteiger partial charge on any atom is -0.543 e. The number of imidazole rings is 2. The number of rotatable bonds is 4. The number of carboxylic acids is 4. The van der Waals surface area contributed by atoms with Crippen molar-refractivity contribution in [2.75, 3.05) is 0 Å². The summed E-state index contributed by atoms with van der Waals surface area (Å²) in [4.78, 5) is 59.0. The number of aromatic carboxylic acids is 4. The Morgan fingerprint density at radius 3 is 1.03 bits per heavy atom.